The molecule has 8 heteroatoms. The Labute approximate surface area is 196 Å². The smallest absolute Gasteiger partial charge is 0.234 e. The van der Waals surface area contributed by atoms with Crippen LogP contribution in [0.1, 0.15) is 35.5 Å². The minimum absolute atomic E-state index is 0.0831. The maximum atomic E-state index is 14.4. The molecule has 176 valence electrons. The van der Waals surface area contributed by atoms with Gasteiger partial charge in [0.15, 0.2) is 11.6 Å². The van der Waals surface area contributed by atoms with E-state index in [1.165, 1.54) is 13.2 Å². The van der Waals surface area contributed by atoms with Gasteiger partial charge in [0.2, 0.25) is 5.91 Å². The van der Waals surface area contributed by atoms with Crippen molar-refractivity contribution in [3.05, 3.63) is 70.8 Å². The van der Waals surface area contributed by atoms with Crippen molar-refractivity contribution in [2.75, 3.05) is 26.7 Å². The van der Waals surface area contributed by atoms with E-state index in [9.17, 15) is 14.3 Å². The second-order valence-electron chi connectivity index (χ2n) is 8.62. The van der Waals surface area contributed by atoms with Crippen molar-refractivity contribution in [2.24, 2.45) is 0 Å². The number of benzene rings is 2. The van der Waals surface area contributed by atoms with Crippen LogP contribution in [-0.2, 0) is 17.8 Å². The molecule has 1 amide bonds. The Morgan fingerprint density at radius 3 is 2.91 bits per heavy atom. The van der Waals surface area contributed by atoms with Crippen LogP contribution in [0.3, 0.4) is 0 Å². The van der Waals surface area contributed by atoms with Gasteiger partial charge in [-0.15, -0.1) is 0 Å². The second kappa shape index (κ2) is 9.04. The van der Waals surface area contributed by atoms with Crippen LogP contribution in [0, 0.1) is 5.82 Å². The number of aliphatic hydroxyl groups is 1. The lowest BCUT2D eigenvalue weighted by Crippen LogP contribution is -2.41. The summed E-state index contributed by atoms with van der Waals surface area (Å²) in [7, 11) is 1.44. The Bertz CT molecular complexity index is 1380. The lowest BCUT2D eigenvalue weighted by atomic mass is 9.94. The fourth-order valence-corrected chi connectivity index (χ4v) is 4.87. The van der Waals surface area contributed by atoms with E-state index < -0.39 is 11.9 Å². The molecule has 1 aliphatic heterocycles. The van der Waals surface area contributed by atoms with E-state index in [-0.39, 0.29) is 18.2 Å². The van der Waals surface area contributed by atoms with Gasteiger partial charge in [0.05, 0.1) is 36.7 Å². The molecular formula is C26H27FN4O3. The molecule has 1 atom stereocenters. The topological polar surface area (TPSA) is 90.5 Å². The van der Waals surface area contributed by atoms with Crippen molar-refractivity contribution < 1.29 is 19.0 Å². The van der Waals surface area contributed by atoms with Crippen LogP contribution in [0.5, 0.6) is 5.75 Å². The van der Waals surface area contributed by atoms with Crippen molar-refractivity contribution in [2.45, 2.75) is 26.0 Å². The van der Waals surface area contributed by atoms with Gasteiger partial charge in [-0.25, -0.2) is 4.39 Å². The van der Waals surface area contributed by atoms with Crippen LogP contribution in [0.4, 0.5) is 4.39 Å². The third kappa shape index (κ3) is 3.99. The summed E-state index contributed by atoms with van der Waals surface area (Å²) in [6.07, 6.45) is -0.371. The number of ether oxygens (including phenoxy) is 1. The number of aromatic nitrogens is 2. The highest BCUT2D eigenvalue weighted by atomic mass is 19.1. The normalized spacial score (nSPS) is 16.1. The van der Waals surface area contributed by atoms with Crippen molar-refractivity contribution in [1.29, 1.82) is 0 Å². The molecule has 1 unspecified atom stereocenters. The van der Waals surface area contributed by atoms with Crippen LogP contribution in [0.2, 0.25) is 0 Å². The molecule has 0 bridgehead atoms. The highest BCUT2D eigenvalue weighted by Crippen LogP contribution is 2.38. The third-order valence-electron chi connectivity index (χ3n) is 6.31. The van der Waals surface area contributed by atoms with Gasteiger partial charge < -0.3 is 20.1 Å². The molecule has 3 N–H and O–H groups in total. The molecule has 2 aromatic heterocycles. The summed E-state index contributed by atoms with van der Waals surface area (Å²) in [4.78, 5) is 22.5. The Hall–Kier alpha value is -3.49. The monoisotopic (exact) mass is 462 g/mol. The number of β-amino-alcohol motifs (C(OH)–C–C–N with tert-alkyl or cyclic N) is 1. The Kier molecular flexibility index (Phi) is 5.93. The number of nitrogens with zero attached hydrogens (tertiary/aromatic N) is 2. The molecule has 34 heavy (non-hydrogen) atoms. The third-order valence-corrected chi connectivity index (χ3v) is 6.31. The number of pyridine rings is 1. The van der Waals surface area contributed by atoms with Crippen LogP contribution in [-0.4, -0.2) is 52.6 Å². The predicted octanol–water partition coefficient (Wildman–Crippen LogP) is 3.44. The number of carbonyl (C=O) groups is 1. The summed E-state index contributed by atoms with van der Waals surface area (Å²) >= 11 is 0. The first-order chi connectivity index (χ1) is 16.5. The minimum atomic E-state index is -0.778. The number of methoxy groups -OCH3 is 1. The number of likely N-dealkylation sites (N-methyl/N-ethyl adjacent to an activating group) is 1. The van der Waals surface area contributed by atoms with Crippen molar-refractivity contribution >= 4 is 27.7 Å². The van der Waals surface area contributed by atoms with Crippen LogP contribution in [0.15, 0.2) is 42.5 Å². The fraction of sp³-hybridized carbons (Fsp3) is 0.308. The first-order valence-electron chi connectivity index (χ1n) is 11.4. The molecule has 0 saturated carbocycles. The molecule has 0 fully saturated rings. The van der Waals surface area contributed by atoms with E-state index in [0.717, 1.165) is 44.3 Å². The first-order valence-corrected chi connectivity index (χ1v) is 11.4. The van der Waals surface area contributed by atoms with Crippen LogP contribution >= 0.6 is 0 Å². The standard InChI is InChI=1S/C26H27FN4O3/c1-3-28-23(33)14-31-12-20-25(21(32)13-31)24-16-6-4-5-7-18(16)30-26(24)19(29-20)11-15-8-9-22(34-2)17(27)10-15/h4-10,21,30,32H,3,11-14H2,1-2H3,(H,28,33). The maximum Gasteiger partial charge on any atom is 0.234 e. The van der Waals surface area contributed by atoms with E-state index >= 15 is 0 Å². The SMILES string of the molecule is CCNC(=O)CN1Cc2nc(Cc3ccc(OC)c(F)c3)c3[nH]c4ccccc4c3c2C(O)C1. The average Bonchev–Trinajstić information content (AvgIpc) is 3.19. The number of amides is 1. The largest absolute Gasteiger partial charge is 0.494 e. The second-order valence-corrected chi connectivity index (χ2v) is 8.62. The van der Waals surface area contributed by atoms with Gasteiger partial charge >= 0.3 is 0 Å². The number of halogens is 1. The van der Waals surface area contributed by atoms with Gasteiger partial charge in [-0.1, -0.05) is 24.3 Å². The molecule has 0 aliphatic carbocycles. The van der Waals surface area contributed by atoms with Crippen molar-refractivity contribution in [3.63, 3.8) is 0 Å². The van der Waals surface area contributed by atoms with E-state index in [4.69, 9.17) is 9.72 Å². The van der Waals surface area contributed by atoms with Gasteiger partial charge in [0.25, 0.3) is 0 Å². The number of para-hydroxylation sites is 1. The fourth-order valence-electron chi connectivity index (χ4n) is 4.87. The number of hydrogen-bond donors (Lipinski definition) is 3. The molecule has 0 saturated heterocycles. The molecule has 7 nitrogen and oxygen atoms in total. The van der Waals surface area contributed by atoms with Gasteiger partial charge in [-0.05, 0) is 30.7 Å². The summed E-state index contributed by atoms with van der Waals surface area (Å²) in [6, 6.07) is 12.9. The van der Waals surface area contributed by atoms with E-state index in [1.54, 1.807) is 6.07 Å². The molecule has 0 spiro atoms. The summed E-state index contributed by atoms with van der Waals surface area (Å²) in [5, 5.41) is 15.9. The predicted molar refractivity (Wildman–Crippen MR) is 128 cm³/mol. The summed E-state index contributed by atoms with van der Waals surface area (Å²) in [6.45, 7) is 3.42. The summed E-state index contributed by atoms with van der Waals surface area (Å²) in [5.74, 6) is -0.309. The number of aliphatic hydroxyl groups excluding tert-OH is 1. The number of rotatable bonds is 6. The van der Waals surface area contributed by atoms with Gasteiger partial charge in [-0.3, -0.25) is 14.7 Å². The quantitative estimate of drug-likeness (QED) is 0.408. The van der Waals surface area contributed by atoms with E-state index in [1.807, 2.05) is 42.2 Å². The first kappa shape index (κ1) is 22.3. The molecule has 4 aromatic rings. The zero-order chi connectivity index (χ0) is 23.8. The zero-order valence-electron chi connectivity index (χ0n) is 19.2. The van der Waals surface area contributed by atoms with Gasteiger partial charge in [0, 0.05) is 47.9 Å². The molecule has 5 rings (SSSR count). The van der Waals surface area contributed by atoms with Gasteiger partial charge in [0.1, 0.15) is 0 Å². The Morgan fingerprint density at radius 1 is 1.32 bits per heavy atom. The Morgan fingerprint density at radius 2 is 2.15 bits per heavy atom. The minimum Gasteiger partial charge on any atom is -0.494 e. The molecule has 3 heterocycles. The summed E-state index contributed by atoms with van der Waals surface area (Å²) in [5.41, 5.74) is 4.86. The lowest BCUT2D eigenvalue weighted by molar-refractivity contribution is -0.122. The number of H-pyrrole nitrogens is 1. The number of nitrogens with one attached hydrogen (secondary N) is 2. The lowest BCUT2D eigenvalue weighted by Gasteiger charge is -2.32. The van der Waals surface area contributed by atoms with E-state index in [0.29, 0.717) is 26.1 Å². The number of fused-ring (bicyclic) bond motifs is 5. The Balaban J connectivity index is 1.62. The highest BCUT2D eigenvalue weighted by molar-refractivity contribution is 6.10. The molecule has 1 aliphatic rings. The number of aromatic amines is 1. The van der Waals surface area contributed by atoms with E-state index in [2.05, 4.69) is 10.3 Å². The van der Waals surface area contributed by atoms with Crippen LogP contribution < -0.4 is 10.1 Å². The average molecular weight is 463 g/mol. The summed E-state index contributed by atoms with van der Waals surface area (Å²) < 4.78 is 19.4. The molecular weight excluding hydrogens is 435 g/mol. The molecule has 2 aromatic carbocycles. The maximum absolute atomic E-state index is 14.4. The highest BCUT2D eigenvalue weighted by Gasteiger charge is 2.30. The number of hydrogen-bond acceptors (Lipinski definition) is 5. The number of carbonyl (C=O) groups excluding carboxylic acids is 1. The van der Waals surface area contributed by atoms with Crippen molar-refractivity contribution in [1.82, 2.24) is 20.2 Å². The van der Waals surface area contributed by atoms with Gasteiger partial charge in [-0.2, -0.15) is 0 Å². The van der Waals surface area contributed by atoms with Crippen molar-refractivity contribution in [3.8, 4) is 5.75 Å². The van der Waals surface area contributed by atoms with Crippen LogP contribution in [0.25, 0.3) is 21.8 Å². The zero-order valence-corrected chi connectivity index (χ0v) is 19.2. The molecule has 0 radical (unpaired) electrons.